The van der Waals surface area contributed by atoms with E-state index >= 15 is 0 Å². The van der Waals surface area contributed by atoms with Gasteiger partial charge in [0, 0.05) is 0 Å². The van der Waals surface area contributed by atoms with Gasteiger partial charge in [0.2, 0.25) is 0 Å². The minimum absolute atomic E-state index is 1.08. The van der Waals surface area contributed by atoms with Crippen molar-refractivity contribution in [3.05, 3.63) is 29.8 Å². The SMILES string of the molecule is Cc1ccccc1[PH](C)(C)C. The maximum atomic E-state index is 2.38. The van der Waals surface area contributed by atoms with Crippen LogP contribution in [-0.4, -0.2) is 20.0 Å². The normalized spacial score (nSPS) is 13.1. The van der Waals surface area contributed by atoms with Crippen LogP contribution in [0.5, 0.6) is 0 Å². The Kier molecular flexibility index (Phi) is 2.34. The van der Waals surface area contributed by atoms with Crippen molar-refractivity contribution >= 4 is 12.6 Å². The molecular formula is C10H17P. The molecule has 1 rings (SSSR count). The zero-order valence-electron chi connectivity index (χ0n) is 7.81. The molecule has 0 atom stereocenters. The molecule has 0 heterocycles. The zero-order valence-corrected chi connectivity index (χ0v) is 8.81. The molecule has 0 unspecified atom stereocenters. The van der Waals surface area contributed by atoms with E-state index in [9.17, 15) is 0 Å². The molecule has 11 heavy (non-hydrogen) atoms. The molecule has 1 aromatic carbocycles. The van der Waals surface area contributed by atoms with E-state index < -0.39 is 7.26 Å². The molecule has 0 radical (unpaired) electrons. The average molecular weight is 168 g/mol. The Labute approximate surface area is 70.0 Å². The van der Waals surface area contributed by atoms with Gasteiger partial charge in [-0.25, -0.2) is 0 Å². The first kappa shape index (κ1) is 8.74. The van der Waals surface area contributed by atoms with Crippen molar-refractivity contribution in [2.45, 2.75) is 6.92 Å². The third kappa shape index (κ3) is 2.04. The van der Waals surface area contributed by atoms with Crippen LogP contribution in [0.15, 0.2) is 24.3 Å². The number of hydrogen-bond donors (Lipinski definition) is 0. The standard InChI is InChI=1S/C10H17P/c1-9-7-5-6-8-10(9)11(2,3)4/h5-8,11H,1-4H3. The van der Waals surface area contributed by atoms with Gasteiger partial charge in [-0.3, -0.25) is 0 Å². The van der Waals surface area contributed by atoms with Gasteiger partial charge < -0.3 is 0 Å². The van der Waals surface area contributed by atoms with Crippen LogP contribution in [0, 0.1) is 6.92 Å². The van der Waals surface area contributed by atoms with E-state index in [4.69, 9.17) is 0 Å². The van der Waals surface area contributed by atoms with Gasteiger partial charge in [-0.05, 0) is 0 Å². The number of hydrogen-bond acceptors (Lipinski definition) is 0. The van der Waals surface area contributed by atoms with Crippen LogP contribution in [0.1, 0.15) is 5.56 Å². The molecular weight excluding hydrogens is 151 g/mol. The summed E-state index contributed by atoms with van der Waals surface area (Å²) in [6, 6.07) is 8.72. The fraction of sp³-hybridized carbons (Fsp3) is 0.400. The molecule has 0 N–H and O–H groups in total. The summed E-state index contributed by atoms with van der Waals surface area (Å²) in [6.45, 7) is 9.35. The van der Waals surface area contributed by atoms with Gasteiger partial charge in [0.05, 0.1) is 0 Å². The van der Waals surface area contributed by atoms with Gasteiger partial charge in [-0.1, -0.05) is 0 Å². The molecule has 1 aromatic rings. The number of aryl methyl sites for hydroxylation is 1. The molecule has 0 saturated carbocycles. The molecule has 0 fully saturated rings. The number of benzene rings is 1. The minimum atomic E-state index is -1.08. The van der Waals surface area contributed by atoms with Crippen molar-refractivity contribution in [3.8, 4) is 0 Å². The molecule has 0 bridgehead atoms. The topological polar surface area (TPSA) is 0 Å². The summed E-state index contributed by atoms with van der Waals surface area (Å²) in [5, 5.41) is 1.58. The maximum absolute atomic E-state index is 2.38. The van der Waals surface area contributed by atoms with Crippen LogP contribution in [0.2, 0.25) is 0 Å². The molecule has 0 nitrogen and oxygen atoms in total. The summed E-state index contributed by atoms with van der Waals surface area (Å²) in [5.41, 5.74) is 1.45. The summed E-state index contributed by atoms with van der Waals surface area (Å²) in [6.07, 6.45) is 0. The van der Waals surface area contributed by atoms with Crippen molar-refractivity contribution < 1.29 is 0 Å². The monoisotopic (exact) mass is 168 g/mol. The first-order chi connectivity index (χ1) is 5.02. The Balaban J connectivity index is 3.14. The van der Waals surface area contributed by atoms with Gasteiger partial charge in [0.15, 0.2) is 0 Å². The second kappa shape index (κ2) is 2.95. The first-order valence-corrected chi connectivity index (χ1v) is 7.58. The van der Waals surface area contributed by atoms with Gasteiger partial charge in [-0.15, -0.1) is 0 Å². The van der Waals surface area contributed by atoms with E-state index in [0.717, 1.165) is 0 Å². The Hall–Kier alpha value is -0.350. The molecule has 0 spiro atoms. The molecule has 0 aliphatic carbocycles. The molecule has 0 aromatic heterocycles. The molecule has 0 amide bonds. The van der Waals surface area contributed by atoms with Crippen molar-refractivity contribution in [3.63, 3.8) is 0 Å². The van der Waals surface area contributed by atoms with Crippen molar-refractivity contribution in [2.24, 2.45) is 0 Å². The summed E-state index contributed by atoms with van der Waals surface area (Å²) >= 11 is 0. The van der Waals surface area contributed by atoms with E-state index in [2.05, 4.69) is 51.2 Å². The van der Waals surface area contributed by atoms with Crippen LogP contribution >= 0.6 is 7.26 Å². The van der Waals surface area contributed by atoms with Crippen molar-refractivity contribution in [2.75, 3.05) is 20.0 Å². The van der Waals surface area contributed by atoms with Gasteiger partial charge in [0.1, 0.15) is 0 Å². The first-order valence-electron chi connectivity index (χ1n) is 4.08. The third-order valence-corrected chi connectivity index (χ3v) is 4.13. The Morgan fingerprint density at radius 3 is 1.91 bits per heavy atom. The molecule has 1 heteroatoms. The van der Waals surface area contributed by atoms with Gasteiger partial charge in [0.25, 0.3) is 0 Å². The Morgan fingerprint density at radius 2 is 1.55 bits per heavy atom. The second-order valence-electron chi connectivity index (χ2n) is 4.06. The summed E-state index contributed by atoms with van der Waals surface area (Å²) in [7, 11) is -1.08. The van der Waals surface area contributed by atoms with E-state index in [1.807, 2.05) is 0 Å². The number of rotatable bonds is 1. The second-order valence-corrected chi connectivity index (χ2v) is 9.10. The molecule has 0 aliphatic heterocycles. The average Bonchev–Trinajstić information content (AvgIpc) is 1.86. The quantitative estimate of drug-likeness (QED) is 0.564. The predicted octanol–water partition coefficient (Wildman–Crippen LogP) is 2.26. The van der Waals surface area contributed by atoms with Crippen LogP contribution in [0.3, 0.4) is 0 Å². The zero-order chi connectivity index (χ0) is 8.48. The summed E-state index contributed by atoms with van der Waals surface area (Å²) < 4.78 is 0. The van der Waals surface area contributed by atoms with E-state index in [1.165, 1.54) is 5.56 Å². The van der Waals surface area contributed by atoms with Gasteiger partial charge >= 0.3 is 69.3 Å². The summed E-state index contributed by atoms with van der Waals surface area (Å²) in [4.78, 5) is 0. The fourth-order valence-electron chi connectivity index (χ4n) is 1.41. The molecule has 0 saturated heterocycles. The molecule has 62 valence electrons. The summed E-state index contributed by atoms with van der Waals surface area (Å²) in [5.74, 6) is 0. The predicted molar refractivity (Wildman–Crippen MR) is 56.9 cm³/mol. The van der Waals surface area contributed by atoms with Crippen molar-refractivity contribution in [1.29, 1.82) is 0 Å². The van der Waals surface area contributed by atoms with Crippen LogP contribution < -0.4 is 5.30 Å². The van der Waals surface area contributed by atoms with Crippen LogP contribution in [0.25, 0.3) is 0 Å². The third-order valence-electron chi connectivity index (χ3n) is 1.95. The van der Waals surface area contributed by atoms with Crippen LogP contribution in [0.4, 0.5) is 0 Å². The Morgan fingerprint density at radius 1 is 1.00 bits per heavy atom. The van der Waals surface area contributed by atoms with Gasteiger partial charge in [-0.2, -0.15) is 0 Å². The van der Waals surface area contributed by atoms with Crippen LogP contribution in [-0.2, 0) is 0 Å². The van der Waals surface area contributed by atoms with Crippen molar-refractivity contribution in [1.82, 2.24) is 0 Å². The Bertz CT molecular complexity index is 245. The van der Waals surface area contributed by atoms with E-state index in [1.54, 1.807) is 5.30 Å². The fourth-order valence-corrected chi connectivity index (χ4v) is 3.28. The molecule has 0 aliphatic rings. The van der Waals surface area contributed by atoms with E-state index in [0.29, 0.717) is 0 Å². The van der Waals surface area contributed by atoms with E-state index in [-0.39, 0.29) is 0 Å².